The van der Waals surface area contributed by atoms with Crippen LogP contribution in [0.15, 0.2) is 23.0 Å². The number of aromatic hydroxyl groups is 1. The molecule has 1 aliphatic carbocycles. The summed E-state index contributed by atoms with van der Waals surface area (Å²) >= 11 is 0. The van der Waals surface area contributed by atoms with E-state index in [0.29, 0.717) is 17.9 Å². The number of pyridine rings is 1. The summed E-state index contributed by atoms with van der Waals surface area (Å²) in [6.07, 6.45) is 6.60. The lowest BCUT2D eigenvalue weighted by Gasteiger charge is -2.21. The van der Waals surface area contributed by atoms with Gasteiger partial charge in [0.2, 0.25) is 0 Å². The van der Waals surface area contributed by atoms with E-state index < -0.39 is 0 Å². The van der Waals surface area contributed by atoms with Gasteiger partial charge in [0.25, 0.3) is 5.56 Å². The fraction of sp³-hybridized carbons (Fsp3) is 0.529. The van der Waals surface area contributed by atoms with Gasteiger partial charge in [0, 0.05) is 18.3 Å². The molecule has 0 atom stereocenters. The lowest BCUT2D eigenvalue weighted by molar-refractivity contribution is 0.341. The van der Waals surface area contributed by atoms with Crippen LogP contribution in [0.3, 0.4) is 0 Å². The Morgan fingerprint density at radius 2 is 2.09 bits per heavy atom. The van der Waals surface area contributed by atoms with Gasteiger partial charge in [-0.2, -0.15) is 0 Å². The molecular weight excluding hydrogens is 278 g/mol. The molecule has 0 spiro atoms. The molecule has 2 heterocycles. The Hall–Kier alpha value is -1.88. The van der Waals surface area contributed by atoms with Crippen molar-refractivity contribution in [2.75, 3.05) is 6.54 Å². The van der Waals surface area contributed by atoms with E-state index in [2.05, 4.69) is 10.3 Å². The Morgan fingerprint density at radius 1 is 1.32 bits per heavy atom. The first-order valence-electron chi connectivity index (χ1n) is 8.07. The average molecular weight is 301 g/mol. The zero-order chi connectivity index (χ0) is 15.5. The molecule has 0 radical (unpaired) electrons. The second kappa shape index (κ2) is 6.48. The number of rotatable bonds is 4. The smallest absolute Gasteiger partial charge is 0.258 e. The molecule has 118 valence electrons. The maximum atomic E-state index is 12.2. The van der Waals surface area contributed by atoms with E-state index in [4.69, 9.17) is 0 Å². The molecule has 0 aliphatic heterocycles. The minimum atomic E-state index is -0.145. The first kappa shape index (κ1) is 15.0. The van der Waals surface area contributed by atoms with E-state index in [1.165, 1.54) is 36.5 Å². The predicted molar refractivity (Wildman–Crippen MR) is 86.1 cm³/mol. The van der Waals surface area contributed by atoms with E-state index in [1.807, 2.05) is 6.92 Å². The van der Waals surface area contributed by atoms with E-state index >= 15 is 0 Å². The summed E-state index contributed by atoms with van der Waals surface area (Å²) in [4.78, 5) is 16.7. The van der Waals surface area contributed by atoms with Crippen molar-refractivity contribution in [3.05, 3.63) is 39.9 Å². The minimum absolute atomic E-state index is 0.0387. The predicted octanol–water partition coefficient (Wildman–Crippen LogP) is 2.38. The van der Waals surface area contributed by atoms with E-state index in [0.717, 1.165) is 18.2 Å². The molecule has 2 N–H and O–H groups in total. The van der Waals surface area contributed by atoms with Crippen molar-refractivity contribution >= 4 is 5.65 Å². The Morgan fingerprint density at radius 3 is 2.86 bits per heavy atom. The topological polar surface area (TPSA) is 66.6 Å². The molecule has 1 saturated carbocycles. The maximum absolute atomic E-state index is 12.2. The number of aromatic nitrogens is 2. The van der Waals surface area contributed by atoms with Crippen molar-refractivity contribution in [3.63, 3.8) is 0 Å². The third kappa shape index (κ3) is 3.14. The number of hydrogen-bond acceptors (Lipinski definition) is 4. The number of fused-ring (bicyclic) bond motifs is 1. The fourth-order valence-corrected chi connectivity index (χ4v) is 3.28. The van der Waals surface area contributed by atoms with Gasteiger partial charge in [-0.05, 0) is 44.4 Å². The molecule has 2 aromatic rings. The van der Waals surface area contributed by atoms with E-state index in [1.54, 1.807) is 18.2 Å². The second-order valence-electron chi connectivity index (χ2n) is 6.24. The van der Waals surface area contributed by atoms with Crippen LogP contribution in [0.4, 0.5) is 0 Å². The molecule has 0 aromatic carbocycles. The monoisotopic (exact) mass is 301 g/mol. The largest absolute Gasteiger partial charge is 0.504 e. The fourth-order valence-electron chi connectivity index (χ4n) is 3.28. The summed E-state index contributed by atoms with van der Waals surface area (Å²) in [7, 11) is 0. The van der Waals surface area contributed by atoms with Gasteiger partial charge in [0.1, 0.15) is 0 Å². The standard InChI is InChI=1S/C17H23N3O2/c1-12-7-8-15(21)17-19-14(9-16(22)20(12)17)11-18-10-13-5-3-2-4-6-13/h7-9,13,18,21H,2-6,10-11H2,1H3. The number of aryl methyl sites for hydroxylation is 1. The highest BCUT2D eigenvalue weighted by molar-refractivity contribution is 5.53. The highest BCUT2D eigenvalue weighted by atomic mass is 16.3. The van der Waals surface area contributed by atoms with Gasteiger partial charge in [0.05, 0.1) is 5.69 Å². The first-order valence-corrected chi connectivity index (χ1v) is 8.07. The first-order chi connectivity index (χ1) is 10.6. The quantitative estimate of drug-likeness (QED) is 0.910. The minimum Gasteiger partial charge on any atom is -0.504 e. The molecule has 22 heavy (non-hydrogen) atoms. The summed E-state index contributed by atoms with van der Waals surface area (Å²) in [6.45, 7) is 3.37. The maximum Gasteiger partial charge on any atom is 0.258 e. The Kier molecular flexibility index (Phi) is 4.43. The lowest BCUT2D eigenvalue weighted by Crippen LogP contribution is -2.26. The van der Waals surface area contributed by atoms with Crippen LogP contribution in [0, 0.1) is 12.8 Å². The highest BCUT2D eigenvalue weighted by Gasteiger charge is 2.13. The molecule has 0 bridgehead atoms. The van der Waals surface area contributed by atoms with Crippen LogP contribution >= 0.6 is 0 Å². The second-order valence-corrected chi connectivity index (χ2v) is 6.24. The summed E-state index contributed by atoms with van der Waals surface area (Å²) in [6, 6.07) is 4.84. The molecule has 0 amide bonds. The number of hydrogen-bond donors (Lipinski definition) is 2. The zero-order valence-corrected chi connectivity index (χ0v) is 13.0. The number of nitrogens with one attached hydrogen (secondary N) is 1. The van der Waals surface area contributed by atoms with Crippen molar-refractivity contribution in [2.24, 2.45) is 5.92 Å². The Balaban J connectivity index is 1.74. The molecule has 0 unspecified atom stereocenters. The van der Waals surface area contributed by atoms with Crippen LogP contribution in [0.5, 0.6) is 5.75 Å². The van der Waals surface area contributed by atoms with Crippen molar-refractivity contribution in [2.45, 2.75) is 45.6 Å². The van der Waals surface area contributed by atoms with Gasteiger partial charge in [-0.3, -0.25) is 9.20 Å². The summed E-state index contributed by atoms with van der Waals surface area (Å²) in [5.41, 5.74) is 1.64. The average Bonchev–Trinajstić information content (AvgIpc) is 2.52. The summed E-state index contributed by atoms with van der Waals surface area (Å²) < 4.78 is 1.44. The van der Waals surface area contributed by atoms with Crippen LogP contribution in [0.25, 0.3) is 5.65 Å². The summed E-state index contributed by atoms with van der Waals surface area (Å²) in [5, 5.41) is 13.3. The highest BCUT2D eigenvalue weighted by Crippen LogP contribution is 2.22. The van der Waals surface area contributed by atoms with Gasteiger partial charge in [-0.1, -0.05) is 19.3 Å². The molecular formula is C17H23N3O2. The third-order valence-corrected chi connectivity index (χ3v) is 4.50. The molecule has 1 fully saturated rings. The van der Waals surface area contributed by atoms with Gasteiger partial charge in [-0.15, -0.1) is 0 Å². The molecule has 2 aromatic heterocycles. The SMILES string of the molecule is Cc1ccc(O)c2nc(CNCC3CCCCC3)cc(=O)n12. The van der Waals surface area contributed by atoms with Crippen LogP contribution in [-0.4, -0.2) is 21.0 Å². The van der Waals surface area contributed by atoms with Gasteiger partial charge < -0.3 is 10.4 Å². The molecule has 5 heteroatoms. The van der Waals surface area contributed by atoms with Crippen molar-refractivity contribution in [1.29, 1.82) is 0 Å². The normalized spacial score (nSPS) is 16.2. The van der Waals surface area contributed by atoms with E-state index in [-0.39, 0.29) is 11.3 Å². The molecule has 0 saturated heterocycles. The van der Waals surface area contributed by atoms with Gasteiger partial charge >= 0.3 is 0 Å². The van der Waals surface area contributed by atoms with Crippen molar-refractivity contribution in [3.8, 4) is 5.75 Å². The molecule has 3 rings (SSSR count). The van der Waals surface area contributed by atoms with Crippen LogP contribution < -0.4 is 10.9 Å². The molecule has 1 aliphatic rings. The van der Waals surface area contributed by atoms with E-state index in [9.17, 15) is 9.90 Å². The number of nitrogens with zero attached hydrogens (tertiary/aromatic N) is 2. The molecule has 5 nitrogen and oxygen atoms in total. The summed E-state index contributed by atoms with van der Waals surface area (Å²) in [5.74, 6) is 0.780. The van der Waals surface area contributed by atoms with Gasteiger partial charge in [0.15, 0.2) is 11.4 Å². The van der Waals surface area contributed by atoms with Crippen LogP contribution in [0.1, 0.15) is 43.5 Å². The van der Waals surface area contributed by atoms with Crippen LogP contribution in [-0.2, 0) is 6.54 Å². The van der Waals surface area contributed by atoms with Crippen LogP contribution in [0.2, 0.25) is 0 Å². The van der Waals surface area contributed by atoms with Crippen molar-refractivity contribution in [1.82, 2.24) is 14.7 Å². The third-order valence-electron chi connectivity index (χ3n) is 4.50. The van der Waals surface area contributed by atoms with Crippen molar-refractivity contribution < 1.29 is 5.11 Å². The lowest BCUT2D eigenvalue weighted by atomic mass is 9.89. The zero-order valence-electron chi connectivity index (χ0n) is 13.0. The Bertz CT molecular complexity index is 718. The Labute approximate surface area is 130 Å². The van der Waals surface area contributed by atoms with Gasteiger partial charge in [-0.25, -0.2) is 4.98 Å².